The number of likely N-dealkylation sites (N-methyl/N-ethyl adjacent to an activating group) is 1. The molecule has 0 fully saturated rings. The van der Waals surface area contributed by atoms with E-state index in [0.717, 1.165) is 36.7 Å². The van der Waals surface area contributed by atoms with Crippen molar-refractivity contribution in [3.8, 4) is 0 Å². The third kappa shape index (κ3) is 3.13. The molecule has 0 spiro atoms. The topological polar surface area (TPSA) is 38.5 Å². The summed E-state index contributed by atoms with van der Waals surface area (Å²) in [7, 11) is 2.03. The van der Waals surface area contributed by atoms with Crippen LogP contribution in [0, 0.1) is 6.92 Å². The molecule has 0 aliphatic rings. The molecule has 0 unspecified atom stereocenters. The first kappa shape index (κ1) is 11.9. The molecule has 2 N–H and O–H groups in total. The van der Waals surface area contributed by atoms with Crippen molar-refractivity contribution < 1.29 is 4.74 Å². The van der Waals surface area contributed by atoms with Gasteiger partial charge in [0.05, 0.1) is 18.0 Å². The van der Waals surface area contributed by atoms with Crippen molar-refractivity contribution >= 4 is 11.4 Å². The minimum absolute atomic E-state index is 0.736. The number of aryl methyl sites for hydroxylation is 1. The summed E-state index contributed by atoms with van der Waals surface area (Å²) in [6, 6.07) is 6.09. The van der Waals surface area contributed by atoms with E-state index in [0.29, 0.717) is 0 Å². The first-order valence-electron chi connectivity index (χ1n) is 5.30. The van der Waals surface area contributed by atoms with Crippen LogP contribution < -0.4 is 10.6 Å². The highest BCUT2D eigenvalue weighted by Crippen LogP contribution is 2.24. The molecule has 3 heteroatoms. The van der Waals surface area contributed by atoms with Gasteiger partial charge in [0.15, 0.2) is 0 Å². The van der Waals surface area contributed by atoms with Gasteiger partial charge < -0.3 is 15.4 Å². The zero-order chi connectivity index (χ0) is 11.3. The molecule has 0 amide bonds. The molecule has 0 aliphatic heterocycles. The van der Waals surface area contributed by atoms with E-state index >= 15 is 0 Å². The van der Waals surface area contributed by atoms with Gasteiger partial charge in [-0.25, -0.2) is 0 Å². The van der Waals surface area contributed by atoms with Crippen LogP contribution in [0.15, 0.2) is 18.2 Å². The summed E-state index contributed by atoms with van der Waals surface area (Å²) in [5.74, 6) is 0. The molecular formula is C12H20N2O. The van der Waals surface area contributed by atoms with Crippen molar-refractivity contribution in [2.75, 3.05) is 37.4 Å². The van der Waals surface area contributed by atoms with E-state index in [1.165, 1.54) is 0 Å². The molecular weight excluding hydrogens is 188 g/mol. The fraction of sp³-hybridized carbons (Fsp3) is 0.500. The molecule has 1 aromatic carbocycles. The second-order valence-electron chi connectivity index (χ2n) is 3.63. The minimum atomic E-state index is 0.736. The zero-order valence-corrected chi connectivity index (χ0v) is 9.79. The van der Waals surface area contributed by atoms with Crippen LogP contribution >= 0.6 is 0 Å². The van der Waals surface area contributed by atoms with Gasteiger partial charge in [0, 0.05) is 20.2 Å². The molecule has 1 rings (SSSR count). The molecule has 0 aromatic heterocycles. The van der Waals surface area contributed by atoms with Crippen LogP contribution in [0.2, 0.25) is 0 Å². The van der Waals surface area contributed by atoms with Crippen LogP contribution in [-0.4, -0.2) is 26.8 Å². The molecule has 84 valence electrons. The van der Waals surface area contributed by atoms with Crippen molar-refractivity contribution in [3.63, 3.8) is 0 Å². The van der Waals surface area contributed by atoms with Gasteiger partial charge in [-0.15, -0.1) is 0 Å². The van der Waals surface area contributed by atoms with Crippen molar-refractivity contribution in [3.05, 3.63) is 23.8 Å². The number of nitrogens with two attached hydrogens (primary N) is 1. The molecule has 0 bridgehead atoms. The van der Waals surface area contributed by atoms with Gasteiger partial charge in [-0.2, -0.15) is 0 Å². The summed E-state index contributed by atoms with van der Waals surface area (Å²) in [4.78, 5) is 2.12. The number of nitrogens with zero attached hydrogens (tertiary/aromatic N) is 1. The van der Waals surface area contributed by atoms with Gasteiger partial charge in [0.25, 0.3) is 0 Å². The lowest BCUT2D eigenvalue weighted by Crippen LogP contribution is -2.23. The summed E-state index contributed by atoms with van der Waals surface area (Å²) in [6.07, 6.45) is 0. The Hall–Kier alpha value is -1.22. The SMILES string of the molecule is CCOCCN(C)c1cccc(C)c1N. The van der Waals surface area contributed by atoms with Gasteiger partial charge in [-0.1, -0.05) is 12.1 Å². The average molecular weight is 208 g/mol. The Labute approximate surface area is 91.8 Å². The predicted octanol–water partition coefficient (Wildman–Crippen LogP) is 2.05. The Morgan fingerprint density at radius 2 is 2.13 bits per heavy atom. The second-order valence-corrected chi connectivity index (χ2v) is 3.63. The first-order chi connectivity index (χ1) is 7.16. The van der Waals surface area contributed by atoms with Gasteiger partial charge in [-0.3, -0.25) is 0 Å². The Morgan fingerprint density at radius 3 is 2.80 bits per heavy atom. The van der Waals surface area contributed by atoms with E-state index in [1.54, 1.807) is 0 Å². The first-order valence-corrected chi connectivity index (χ1v) is 5.30. The fourth-order valence-electron chi connectivity index (χ4n) is 1.46. The van der Waals surface area contributed by atoms with Crippen LogP contribution in [0.1, 0.15) is 12.5 Å². The van der Waals surface area contributed by atoms with E-state index in [1.807, 2.05) is 39.1 Å². The molecule has 0 atom stereocenters. The summed E-state index contributed by atoms with van der Waals surface area (Å²) in [5.41, 5.74) is 9.06. The van der Waals surface area contributed by atoms with Crippen molar-refractivity contribution in [1.82, 2.24) is 0 Å². The van der Waals surface area contributed by atoms with Crippen LogP contribution in [0.3, 0.4) is 0 Å². The Kier molecular flexibility index (Phi) is 4.43. The molecule has 0 aliphatic carbocycles. The normalized spacial score (nSPS) is 10.3. The number of benzene rings is 1. The minimum Gasteiger partial charge on any atom is -0.397 e. The standard InChI is InChI=1S/C12H20N2O/c1-4-15-9-8-14(3)11-7-5-6-10(2)12(11)13/h5-7H,4,8-9,13H2,1-3H3. The highest BCUT2D eigenvalue weighted by molar-refractivity contribution is 5.70. The molecule has 0 saturated carbocycles. The number of hydrogen-bond donors (Lipinski definition) is 1. The van der Waals surface area contributed by atoms with E-state index < -0.39 is 0 Å². The predicted molar refractivity (Wildman–Crippen MR) is 65.4 cm³/mol. The highest BCUT2D eigenvalue weighted by Gasteiger charge is 2.05. The monoisotopic (exact) mass is 208 g/mol. The third-order valence-corrected chi connectivity index (χ3v) is 2.49. The average Bonchev–Trinajstić information content (AvgIpc) is 2.22. The largest absolute Gasteiger partial charge is 0.397 e. The van der Waals surface area contributed by atoms with Gasteiger partial charge in [-0.05, 0) is 25.5 Å². The van der Waals surface area contributed by atoms with Crippen molar-refractivity contribution in [2.24, 2.45) is 0 Å². The van der Waals surface area contributed by atoms with Crippen LogP contribution in [0.4, 0.5) is 11.4 Å². The Bertz CT molecular complexity index is 312. The molecule has 15 heavy (non-hydrogen) atoms. The van der Waals surface area contributed by atoms with E-state index in [9.17, 15) is 0 Å². The highest BCUT2D eigenvalue weighted by atomic mass is 16.5. The van der Waals surface area contributed by atoms with Gasteiger partial charge in [0.2, 0.25) is 0 Å². The van der Waals surface area contributed by atoms with Crippen LogP contribution in [-0.2, 0) is 4.74 Å². The Morgan fingerprint density at radius 1 is 1.40 bits per heavy atom. The number of rotatable bonds is 5. The fourth-order valence-corrected chi connectivity index (χ4v) is 1.46. The number of para-hydroxylation sites is 1. The van der Waals surface area contributed by atoms with E-state index in [4.69, 9.17) is 10.5 Å². The Balaban J connectivity index is 2.65. The lowest BCUT2D eigenvalue weighted by Gasteiger charge is -2.21. The molecule has 0 heterocycles. The number of nitrogen functional groups attached to an aromatic ring is 1. The van der Waals surface area contributed by atoms with E-state index in [2.05, 4.69) is 4.90 Å². The van der Waals surface area contributed by atoms with Gasteiger partial charge in [0.1, 0.15) is 0 Å². The molecule has 1 aromatic rings. The smallest absolute Gasteiger partial charge is 0.0641 e. The zero-order valence-electron chi connectivity index (χ0n) is 9.79. The maximum Gasteiger partial charge on any atom is 0.0641 e. The lowest BCUT2D eigenvalue weighted by molar-refractivity contribution is 0.154. The van der Waals surface area contributed by atoms with E-state index in [-0.39, 0.29) is 0 Å². The number of hydrogen-bond acceptors (Lipinski definition) is 3. The van der Waals surface area contributed by atoms with Gasteiger partial charge >= 0.3 is 0 Å². The second kappa shape index (κ2) is 5.61. The summed E-state index contributed by atoms with van der Waals surface area (Å²) in [5, 5.41) is 0. The quantitative estimate of drug-likeness (QED) is 0.594. The van der Waals surface area contributed by atoms with Crippen LogP contribution in [0.5, 0.6) is 0 Å². The summed E-state index contributed by atoms with van der Waals surface area (Å²) in [6.45, 7) is 6.38. The molecule has 0 saturated heterocycles. The van der Waals surface area contributed by atoms with Crippen molar-refractivity contribution in [2.45, 2.75) is 13.8 Å². The third-order valence-electron chi connectivity index (χ3n) is 2.49. The maximum atomic E-state index is 6.01. The van der Waals surface area contributed by atoms with Crippen LogP contribution in [0.25, 0.3) is 0 Å². The lowest BCUT2D eigenvalue weighted by atomic mass is 10.1. The summed E-state index contributed by atoms with van der Waals surface area (Å²) < 4.78 is 5.31. The number of anilines is 2. The summed E-state index contributed by atoms with van der Waals surface area (Å²) >= 11 is 0. The maximum absolute atomic E-state index is 6.01. The number of ether oxygens (including phenoxy) is 1. The molecule has 3 nitrogen and oxygen atoms in total. The molecule has 0 radical (unpaired) electrons. The van der Waals surface area contributed by atoms with Crippen molar-refractivity contribution in [1.29, 1.82) is 0 Å².